The summed E-state index contributed by atoms with van der Waals surface area (Å²) in [7, 11) is -3.33. The topological polar surface area (TPSA) is 49.4 Å². The molecular weight excluding hydrogens is 292 g/mol. The highest BCUT2D eigenvalue weighted by Crippen LogP contribution is 2.28. The van der Waals surface area contributed by atoms with Crippen LogP contribution in [0.4, 0.5) is 0 Å². The van der Waals surface area contributed by atoms with Crippen molar-refractivity contribution >= 4 is 21.4 Å². The lowest BCUT2D eigenvalue weighted by atomic mass is 10.3. The third-order valence-electron chi connectivity index (χ3n) is 3.07. The van der Waals surface area contributed by atoms with Crippen LogP contribution in [0.1, 0.15) is 44.1 Å². The molecule has 0 aliphatic rings. The molecule has 116 valence electrons. The molecule has 0 radical (unpaired) electrons. The highest BCUT2D eigenvalue weighted by Gasteiger charge is 2.25. The van der Waals surface area contributed by atoms with E-state index in [1.165, 1.54) is 11.3 Å². The van der Waals surface area contributed by atoms with Gasteiger partial charge in [0.2, 0.25) is 0 Å². The number of rotatable bonds is 9. The summed E-state index contributed by atoms with van der Waals surface area (Å²) in [5, 5.41) is 3.25. The van der Waals surface area contributed by atoms with E-state index in [1.54, 1.807) is 4.31 Å². The Balaban J connectivity index is 3.01. The van der Waals surface area contributed by atoms with E-state index in [0.717, 1.165) is 36.4 Å². The second-order valence-electron chi connectivity index (χ2n) is 4.86. The molecule has 0 aliphatic heterocycles. The number of hydrogen-bond acceptors (Lipinski definition) is 4. The Labute approximate surface area is 127 Å². The molecule has 1 aromatic heterocycles. The van der Waals surface area contributed by atoms with E-state index in [1.807, 2.05) is 33.8 Å². The van der Waals surface area contributed by atoms with E-state index in [-0.39, 0.29) is 0 Å². The van der Waals surface area contributed by atoms with Crippen LogP contribution in [0.5, 0.6) is 0 Å². The van der Waals surface area contributed by atoms with Gasteiger partial charge in [0.25, 0.3) is 10.0 Å². The van der Waals surface area contributed by atoms with Gasteiger partial charge in [0, 0.05) is 24.5 Å². The molecule has 0 spiro atoms. The predicted octanol–water partition coefficient (Wildman–Crippen LogP) is 2.98. The number of aryl methyl sites for hydroxylation is 1. The Hall–Kier alpha value is -0.430. The van der Waals surface area contributed by atoms with Crippen LogP contribution in [0.2, 0.25) is 0 Å². The summed E-state index contributed by atoms with van der Waals surface area (Å²) in [6.07, 6.45) is 1.68. The fourth-order valence-electron chi connectivity index (χ4n) is 2.01. The molecule has 1 aromatic rings. The standard InChI is InChI=1S/C14H26N2O2S2/c1-5-8-16(9-6-2)20(17,18)14-10-12(4)13(19-14)11-15-7-3/h10,15H,5-9,11H2,1-4H3. The molecule has 1 heterocycles. The molecule has 0 amide bonds. The molecule has 0 unspecified atom stereocenters. The summed E-state index contributed by atoms with van der Waals surface area (Å²) in [6, 6.07) is 1.81. The summed E-state index contributed by atoms with van der Waals surface area (Å²) in [5.41, 5.74) is 1.06. The summed E-state index contributed by atoms with van der Waals surface area (Å²) in [6.45, 7) is 10.9. The minimum atomic E-state index is -3.33. The van der Waals surface area contributed by atoms with Crippen LogP contribution in [0.3, 0.4) is 0 Å². The number of hydrogen-bond donors (Lipinski definition) is 1. The minimum Gasteiger partial charge on any atom is -0.312 e. The van der Waals surface area contributed by atoms with Gasteiger partial charge in [0.15, 0.2) is 0 Å². The van der Waals surface area contributed by atoms with Crippen molar-refractivity contribution in [1.82, 2.24) is 9.62 Å². The lowest BCUT2D eigenvalue weighted by Crippen LogP contribution is -2.32. The van der Waals surface area contributed by atoms with E-state index in [2.05, 4.69) is 5.32 Å². The monoisotopic (exact) mass is 318 g/mol. The Morgan fingerprint density at radius 2 is 1.80 bits per heavy atom. The Morgan fingerprint density at radius 3 is 2.30 bits per heavy atom. The second kappa shape index (κ2) is 8.12. The molecule has 1 N–H and O–H groups in total. The molecule has 0 aliphatic carbocycles. The first kappa shape index (κ1) is 17.6. The molecule has 6 heteroatoms. The van der Waals surface area contributed by atoms with Crippen LogP contribution in [0.15, 0.2) is 10.3 Å². The SMILES string of the molecule is CCCN(CCC)S(=O)(=O)c1cc(C)c(CNCC)s1. The lowest BCUT2D eigenvalue weighted by molar-refractivity contribution is 0.411. The summed E-state index contributed by atoms with van der Waals surface area (Å²) in [4.78, 5) is 1.11. The number of sulfonamides is 1. The van der Waals surface area contributed by atoms with Gasteiger partial charge in [-0.3, -0.25) is 0 Å². The van der Waals surface area contributed by atoms with Gasteiger partial charge in [-0.15, -0.1) is 11.3 Å². The Morgan fingerprint density at radius 1 is 1.20 bits per heavy atom. The smallest absolute Gasteiger partial charge is 0.252 e. The third kappa shape index (κ3) is 4.28. The quantitative estimate of drug-likeness (QED) is 0.761. The molecule has 0 saturated carbocycles. The van der Waals surface area contributed by atoms with Gasteiger partial charge in [-0.25, -0.2) is 8.42 Å². The van der Waals surface area contributed by atoms with Crippen molar-refractivity contribution in [1.29, 1.82) is 0 Å². The van der Waals surface area contributed by atoms with Gasteiger partial charge in [-0.05, 0) is 37.9 Å². The van der Waals surface area contributed by atoms with Crippen molar-refractivity contribution < 1.29 is 8.42 Å². The highest BCUT2D eigenvalue weighted by atomic mass is 32.2. The van der Waals surface area contributed by atoms with E-state index in [4.69, 9.17) is 0 Å². The molecule has 1 rings (SSSR count). The zero-order chi connectivity index (χ0) is 15.2. The number of nitrogens with one attached hydrogen (secondary N) is 1. The van der Waals surface area contributed by atoms with E-state index in [0.29, 0.717) is 17.3 Å². The maximum absolute atomic E-state index is 12.7. The van der Waals surface area contributed by atoms with Crippen LogP contribution in [-0.2, 0) is 16.6 Å². The van der Waals surface area contributed by atoms with Gasteiger partial charge in [0.1, 0.15) is 4.21 Å². The Bertz CT molecular complexity index is 503. The average molecular weight is 319 g/mol. The normalized spacial score (nSPS) is 12.2. The van der Waals surface area contributed by atoms with Crippen LogP contribution >= 0.6 is 11.3 Å². The van der Waals surface area contributed by atoms with Crippen molar-refractivity contribution in [3.8, 4) is 0 Å². The highest BCUT2D eigenvalue weighted by molar-refractivity contribution is 7.91. The molecule has 0 atom stereocenters. The van der Waals surface area contributed by atoms with E-state index >= 15 is 0 Å². The van der Waals surface area contributed by atoms with Gasteiger partial charge in [-0.1, -0.05) is 20.8 Å². The molecule has 0 saturated heterocycles. The molecule has 0 aromatic carbocycles. The number of thiophene rings is 1. The molecule has 0 fully saturated rings. The lowest BCUT2D eigenvalue weighted by Gasteiger charge is -2.19. The zero-order valence-electron chi connectivity index (χ0n) is 12.9. The van der Waals surface area contributed by atoms with Gasteiger partial charge >= 0.3 is 0 Å². The van der Waals surface area contributed by atoms with Crippen LogP contribution < -0.4 is 5.32 Å². The Kier molecular flexibility index (Phi) is 7.15. The average Bonchev–Trinajstić information content (AvgIpc) is 2.78. The van der Waals surface area contributed by atoms with Crippen molar-refractivity contribution in [3.63, 3.8) is 0 Å². The fourth-order valence-corrected chi connectivity index (χ4v) is 5.35. The summed E-state index contributed by atoms with van der Waals surface area (Å²) >= 11 is 1.39. The van der Waals surface area contributed by atoms with Crippen LogP contribution in [0.25, 0.3) is 0 Å². The number of nitrogens with zero attached hydrogens (tertiary/aromatic N) is 1. The van der Waals surface area contributed by atoms with E-state index < -0.39 is 10.0 Å². The van der Waals surface area contributed by atoms with E-state index in [9.17, 15) is 8.42 Å². The van der Waals surface area contributed by atoms with Gasteiger partial charge in [0.05, 0.1) is 0 Å². The van der Waals surface area contributed by atoms with Crippen LogP contribution in [0, 0.1) is 6.92 Å². The van der Waals surface area contributed by atoms with Gasteiger partial charge < -0.3 is 5.32 Å². The second-order valence-corrected chi connectivity index (χ2v) is 8.16. The van der Waals surface area contributed by atoms with Crippen molar-refractivity contribution in [3.05, 3.63) is 16.5 Å². The minimum absolute atomic E-state index is 0.477. The summed E-state index contributed by atoms with van der Waals surface area (Å²) in [5.74, 6) is 0. The van der Waals surface area contributed by atoms with Crippen molar-refractivity contribution in [2.24, 2.45) is 0 Å². The van der Waals surface area contributed by atoms with Crippen molar-refractivity contribution in [2.75, 3.05) is 19.6 Å². The maximum atomic E-state index is 12.7. The molecule has 4 nitrogen and oxygen atoms in total. The first-order valence-corrected chi connectivity index (χ1v) is 9.53. The molecular formula is C14H26N2O2S2. The molecule has 20 heavy (non-hydrogen) atoms. The zero-order valence-corrected chi connectivity index (χ0v) is 14.5. The third-order valence-corrected chi connectivity index (χ3v) is 6.66. The van der Waals surface area contributed by atoms with Crippen molar-refractivity contribution in [2.45, 2.75) is 51.3 Å². The largest absolute Gasteiger partial charge is 0.312 e. The summed E-state index contributed by atoms with van der Waals surface area (Å²) < 4.78 is 27.4. The molecule has 0 bridgehead atoms. The fraction of sp³-hybridized carbons (Fsp3) is 0.714. The first-order valence-electron chi connectivity index (χ1n) is 7.27. The van der Waals surface area contributed by atoms with Gasteiger partial charge in [-0.2, -0.15) is 4.31 Å². The predicted molar refractivity (Wildman–Crippen MR) is 85.8 cm³/mol. The first-order chi connectivity index (χ1) is 9.47. The van der Waals surface area contributed by atoms with Crippen LogP contribution in [-0.4, -0.2) is 32.4 Å². The maximum Gasteiger partial charge on any atom is 0.252 e.